The normalized spacial score (nSPS) is 8.11. The Balaban J connectivity index is 4.22. The summed E-state index contributed by atoms with van der Waals surface area (Å²) in [5, 5.41) is -1.44. The molecular weight excluding hydrogens is 147 g/mol. The van der Waals surface area contributed by atoms with Crippen LogP contribution in [0.1, 0.15) is 0 Å². The van der Waals surface area contributed by atoms with E-state index in [0.29, 0.717) is 0 Å². The molecule has 5 heteroatoms. The first kappa shape index (κ1) is 7.97. The monoisotopic (exact) mass is 148 g/mol. The van der Waals surface area contributed by atoms with Gasteiger partial charge in [-0.1, -0.05) is 0 Å². The van der Waals surface area contributed by atoms with Crippen molar-refractivity contribution in [2.24, 2.45) is 0 Å². The molecule has 0 aromatic rings. The second kappa shape index (κ2) is 3.09. The first-order valence-corrected chi connectivity index (χ1v) is 2.20. The molecule has 0 aliphatic rings. The Labute approximate surface area is 54.8 Å². The predicted octanol–water partition coefficient (Wildman–Crippen LogP) is -0.911. The van der Waals surface area contributed by atoms with Gasteiger partial charge in [-0.3, -0.25) is 19.2 Å². The van der Waals surface area contributed by atoms with Crippen molar-refractivity contribution < 1.29 is 19.2 Å². The van der Waals surface area contributed by atoms with Crippen LogP contribution in [0.25, 0.3) is 0 Å². The molecule has 0 spiro atoms. The van der Waals surface area contributed by atoms with E-state index >= 15 is 0 Å². The molecule has 9 heavy (non-hydrogen) atoms. The number of halogens is 1. The van der Waals surface area contributed by atoms with E-state index in [9.17, 15) is 19.2 Å². The maximum atomic E-state index is 10.0. The number of carbonyl (C=O) groups is 4. The number of hydrogen-bond acceptors (Lipinski definition) is 4. The van der Waals surface area contributed by atoms with Crippen molar-refractivity contribution in [3.05, 3.63) is 0 Å². The van der Waals surface area contributed by atoms with Crippen LogP contribution in [0.2, 0.25) is 0 Å². The molecule has 0 rings (SSSR count). The highest BCUT2D eigenvalue weighted by molar-refractivity contribution is 6.93. The fourth-order valence-corrected chi connectivity index (χ4v) is 0.244. The van der Waals surface area contributed by atoms with Crippen molar-refractivity contribution in [3.8, 4) is 0 Å². The zero-order valence-electron chi connectivity index (χ0n) is 4.09. The molecule has 0 bridgehead atoms. The van der Waals surface area contributed by atoms with Crippen LogP contribution in [-0.2, 0) is 19.2 Å². The molecule has 0 radical (unpaired) electrons. The highest BCUT2D eigenvalue weighted by Gasteiger charge is 2.18. The van der Waals surface area contributed by atoms with Crippen LogP contribution >= 0.6 is 11.6 Å². The van der Waals surface area contributed by atoms with Gasteiger partial charge in [-0.25, -0.2) is 0 Å². The van der Waals surface area contributed by atoms with Gasteiger partial charge in [0.05, 0.1) is 0 Å². The molecule has 48 valence electrons. The number of Topliss-reactive ketones (excluding diaryl/α,β-unsaturated/α-hetero) is 2. The van der Waals surface area contributed by atoms with E-state index in [-0.39, 0.29) is 6.29 Å². The molecule has 0 aliphatic carbocycles. The highest BCUT2D eigenvalue weighted by atomic mass is 35.5. The Hall–Kier alpha value is -1.03. The van der Waals surface area contributed by atoms with Gasteiger partial charge in [0.2, 0.25) is 0 Å². The molecule has 0 aromatic heterocycles. The molecule has 0 N–H and O–H groups in total. The molecule has 0 fully saturated rings. The third-order valence-corrected chi connectivity index (χ3v) is 0.681. The summed E-state index contributed by atoms with van der Waals surface area (Å²) in [4.78, 5) is 39.2. The summed E-state index contributed by atoms with van der Waals surface area (Å²) in [5.74, 6) is -2.92. The zero-order valence-corrected chi connectivity index (χ0v) is 4.84. The lowest BCUT2D eigenvalue weighted by Crippen LogP contribution is -2.20. The maximum absolute atomic E-state index is 10.0. The third kappa shape index (κ3) is 2.14. The second-order valence-electron chi connectivity index (χ2n) is 1.08. The Morgan fingerprint density at radius 1 is 1.22 bits per heavy atom. The summed E-state index contributed by atoms with van der Waals surface area (Å²) in [6.07, 6.45) is -0.261. The lowest BCUT2D eigenvalue weighted by molar-refractivity contribution is -0.143. The minimum Gasteiger partial charge on any atom is -0.294 e. The van der Waals surface area contributed by atoms with E-state index in [1.54, 1.807) is 0 Å². The summed E-state index contributed by atoms with van der Waals surface area (Å²) < 4.78 is 0. The molecule has 0 saturated heterocycles. The molecule has 0 aliphatic heterocycles. The third-order valence-electron chi connectivity index (χ3n) is 0.509. The summed E-state index contributed by atoms with van der Waals surface area (Å²) in [5.41, 5.74) is 0. The molecular formula is C4HClO4. The van der Waals surface area contributed by atoms with E-state index in [1.807, 2.05) is 0 Å². The van der Waals surface area contributed by atoms with Crippen molar-refractivity contribution >= 4 is 34.7 Å². The van der Waals surface area contributed by atoms with Gasteiger partial charge >= 0.3 is 0 Å². The van der Waals surface area contributed by atoms with Crippen LogP contribution < -0.4 is 0 Å². The molecule has 0 heterocycles. The number of carbonyl (C=O) groups excluding carboxylic acids is 4. The Kier molecular flexibility index (Phi) is 2.73. The topological polar surface area (TPSA) is 68.3 Å². The standard InChI is InChI=1S/C4HClO4/c5-4(9)3(8)2(7)1-6/h1H. The molecule has 0 atom stereocenters. The van der Waals surface area contributed by atoms with Gasteiger partial charge in [0, 0.05) is 0 Å². The summed E-state index contributed by atoms with van der Waals surface area (Å²) in [7, 11) is 0. The maximum Gasteiger partial charge on any atom is 0.296 e. The van der Waals surface area contributed by atoms with Crippen molar-refractivity contribution in [1.29, 1.82) is 0 Å². The minimum atomic E-state index is -1.49. The summed E-state index contributed by atoms with van der Waals surface area (Å²) in [6.45, 7) is 0. The molecule has 0 saturated carbocycles. The number of aldehydes is 1. The van der Waals surface area contributed by atoms with Crippen molar-refractivity contribution in [2.75, 3.05) is 0 Å². The highest BCUT2D eigenvalue weighted by Crippen LogP contribution is 1.82. The van der Waals surface area contributed by atoms with Crippen molar-refractivity contribution in [1.82, 2.24) is 0 Å². The average molecular weight is 149 g/mol. The SMILES string of the molecule is O=CC(=O)C(=O)C(=O)Cl. The van der Waals surface area contributed by atoms with Crippen LogP contribution in [0.5, 0.6) is 0 Å². The van der Waals surface area contributed by atoms with Crippen LogP contribution in [0.4, 0.5) is 0 Å². The molecule has 0 amide bonds. The van der Waals surface area contributed by atoms with Crippen molar-refractivity contribution in [2.45, 2.75) is 0 Å². The lowest BCUT2D eigenvalue weighted by Gasteiger charge is -1.79. The zero-order chi connectivity index (χ0) is 7.44. The fourth-order valence-electron chi connectivity index (χ4n) is 0.150. The van der Waals surface area contributed by atoms with Crippen LogP contribution in [0.3, 0.4) is 0 Å². The van der Waals surface area contributed by atoms with Crippen molar-refractivity contribution in [3.63, 3.8) is 0 Å². The van der Waals surface area contributed by atoms with Crippen LogP contribution in [-0.4, -0.2) is 23.1 Å². The number of hydrogen-bond donors (Lipinski definition) is 0. The van der Waals surface area contributed by atoms with Gasteiger partial charge in [0.1, 0.15) is 0 Å². The van der Waals surface area contributed by atoms with Gasteiger partial charge in [-0.2, -0.15) is 0 Å². The van der Waals surface area contributed by atoms with Gasteiger partial charge in [0.25, 0.3) is 16.8 Å². The first-order valence-electron chi connectivity index (χ1n) is 1.83. The lowest BCUT2D eigenvalue weighted by atomic mass is 10.3. The molecule has 0 unspecified atom stereocenters. The first-order chi connectivity index (χ1) is 4.09. The molecule has 0 aromatic carbocycles. The van der Waals surface area contributed by atoms with E-state index in [4.69, 9.17) is 0 Å². The Morgan fingerprint density at radius 2 is 1.67 bits per heavy atom. The number of ketones is 2. The van der Waals surface area contributed by atoms with Gasteiger partial charge in [-0.05, 0) is 11.6 Å². The van der Waals surface area contributed by atoms with Gasteiger partial charge in [-0.15, -0.1) is 0 Å². The van der Waals surface area contributed by atoms with Crippen LogP contribution in [0.15, 0.2) is 0 Å². The number of rotatable bonds is 3. The predicted molar refractivity (Wildman–Crippen MR) is 26.9 cm³/mol. The molecule has 4 nitrogen and oxygen atoms in total. The average Bonchev–Trinajstić information content (AvgIpc) is 1.84. The largest absolute Gasteiger partial charge is 0.296 e. The fraction of sp³-hybridized carbons (Fsp3) is 0. The Morgan fingerprint density at radius 3 is 1.78 bits per heavy atom. The van der Waals surface area contributed by atoms with Gasteiger partial charge in [0.15, 0.2) is 6.29 Å². The Bertz CT molecular complexity index is 183. The van der Waals surface area contributed by atoms with E-state index in [2.05, 4.69) is 11.6 Å². The summed E-state index contributed by atoms with van der Waals surface area (Å²) in [6, 6.07) is 0. The summed E-state index contributed by atoms with van der Waals surface area (Å²) >= 11 is 4.53. The minimum absolute atomic E-state index is 0.261. The van der Waals surface area contributed by atoms with E-state index in [0.717, 1.165) is 0 Å². The van der Waals surface area contributed by atoms with E-state index in [1.165, 1.54) is 0 Å². The second-order valence-corrected chi connectivity index (χ2v) is 1.43. The van der Waals surface area contributed by atoms with E-state index < -0.39 is 16.8 Å². The van der Waals surface area contributed by atoms with Gasteiger partial charge < -0.3 is 0 Å². The van der Waals surface area contributed by atoms with Crippen LogP contribution in [0, 0.1) is 0 Å². The quantitative estimate of drug-likeness (QED) is 0.225. The smallest absolute Gasteiger partial charge is 0.294 e.